The highest BCUT2D eigenvalue weighted by Gasteiger charge is 2.33. The van der Waals surface area contributed by atoms with Crippen LogP contribution in [0.2, 0.25) is 5.02 Å². The highest BCUT2D eigenvalue weighted by Crippen LogP contribution is 2.21. The molecule has 0 spiro atoms. The van der Waals surface area contributed by atoms with E-state index in [1.807, 2.05) is 0 Å². The lowest BCUT2D eigenvalue weighted by Gasteiger charge is -2.27. The van der Waals surface area contributed by atoms with E-state index in [1.54, 1.807) is 38.1 Å². The number of esters is 1. The second kappa shape index (κ2) is 7.28. The van der Waals surface area contributed by atoms with E-state index in [9.17, 15) is 9.59 Å². The number of benzene rings is 1. The molecule has 0 heterocycles. The van der Waals surface area contributed by atoms with E-state index >= 15 is 0 Å². The number of ether oxygens (including phenoxy) is 2. The largest absolute Gasteiger partial charge is 0.478 e. The van der Waals surface area contributed by atoms with Crippen molar-refractivity contribution < 1.29 is 24.2 Å². The molecule has 1 aromatic carbocycles. The molecule has 0 aromatic heterocycles. The van der Waals surface area contributed by atoms with Crippen LogP contribution in [-0.4, -0.2) is 42.3 Å². The Kier molecular flexibility index (Phi) is 5.99. The summed E-state index contributed by atoms with van der Waals surface area (Å²) in [6.45, 7) is 2.53. The van der Waals surface area contributed by atoms with Gasteiger partial charge >= 0.3 is 5.97 Å². The summed E-state index contributed by atoms with van der Waals surface area (Å²) < 4.78 is 10.1. The molecule has 0 bridgehead atoms. The fourth-order valence-electron chi connectivity index (χ4n) is 1.50. The van der Waals surface area contributed by atoms with Gasteiger partial charge in [-0.2, -0.15) is 0 Å². The molecule has 1 amide bonds. The zero-order valence-electron chi connectivity index (χ0n) is 12.1. The Hall–Kier alpha value is -1.79. The predicted molar refractivity (Wildman–Crippen MR) is 77.2 cm³/mol. The first kappa shape index (κ1) is 17.3. The number of rotatable bonds is 6. The van der Waals surface area contributed by atoms with E-state index in [0.717, 1.165) is 0 Å². The minimum absolute atomic E-state index is 0.457. The van der Waals surface area contributed by atoms with Crippen molar-refractivity contribution in [3.63, 3.8) is 0 Å². The lowest BCUT2D eigenvalue weighted by molar-refractivity contribution is -0.148. The van der Waals surface area contributed by atoms with Gasteiger partial charge in [0.15, 0.2) is 11.6 Å². The number of nitrogens with one attached hydrogen (secondary N) is 1. The number of hydrogen-bond donors (Lipinski definition) is 2. The van der Waals surface area contributed by atoms with Crippen molar-refractivity contribution in [3.05, 3.63) is 29.3 Å². The topological polar surface area (TPSA) is 84.9 Å². The van der Waals surface area contributed by atoms with E-state index in [2.05, 4.69) is 10.1 Å². The lowest BCUT2D eigenvalue weighted by atomic mass is 10.1. The average molecular weight is 316 g/mol. The van der Waals surface area contributed by atoms with Crippen LogP contribution in [0.4, 0.5) is 0 Å². The van der Waals surface area contributed by atoms with Gasteiger partial charge in [0, 0.05) is 5.02 Å². The number of carbonyl (C=O) groups is 2. The summed E-state index contributed by atoms with van der Waals surface area (Å²) in [6, 6.07) is 5.39. The Morgan fingerprint density at radius 2 is 1.90 bits per heavy atom. The summed E-state index contributed by atoms with van der Waals surface area (Å²) in [5, 5.41) is 12.0. The van der Waals surface area contributed by atoms with Gasteiger partial charge in [-0.05, 0) is 38.1 Å². The Balaban J connectivity index is 2.74. The normalized spacial score (nSPS) is 12.4. The van der Waals surface area contributed by atoms with Crippen molar-refractivity contribution in [1.82, 2.24) is 5.32 Å². The van der Waals surface area contributed by atoms with Crippen LogP contribution in [-0.2, 0) is 14.3 Å². The first-order valence-electron chi connectivity index (χ1n) is 6.24. The lowest BCUT2D eigenvalue weighted by Crippen LogP contribution is -2.53. The summed E-state index contributed by atoms with van der Waals surface area (Å²) in [6.07, 6.45) is 0. The van der Waals surface area contributed by atoms with Crippen LogP contribution in [0.1, 0.15) is 13.8 Å². The zero-order valence-corrected chi connectivity index (χ0v) is 12.8. The Labute approximate surface area is 128 Å². The number of hydrogen-bond acceptors (Lipinski definition) is 5. The quantitative estimate of drug-likeness (QED) is 0.769. The SMILES string of the molecule is COC(=O)C(CO)NC(=O)C(C)(C)Oc1ccc(Cl)cc1. The molecular formula is C14H18ClNO5. The van der Waals surface area contributed by atoms with Gasteiger partial charge in [0.2, 0.25) is 0 Å². The Bertz CT molecular complexity index is 501. The van der Waals surface area contributed by atoms with Gasteiger partial charge < -0.3 is 19.9 Å². The molecule has 0 saturated carbocycles. The number of carbonyl (C=O) groups excluding carboxylic acids is 2. The second-order valence-corrected chi connectivity index (χ2v) is 5.23. The van der Waals surface area contributed by atoms with Crippen molar-refractivity contribution in [2.45, 2.75) is 25.5 Å². The van der Waals surface area contributed by atoms with E-state index in [1.165, 1.54) is 7.11 Å². The molecule has 21 heavy (non-hydrogen) atoms. The van der Waals surface area contributed by atoms with Gasteiger partial charge in [-0.15, -0.1) is 0 Å². The molecule has 1 rings (SSSR count). The maximum atomic E-state index is 12.1. The number of amides is 1. The van der Waals surface area contributed by atoms with Crippen LogP contribution in [0, 0.1) is 0 Å². The summed E-state index contributed by atoms with van der Waals surface area (Å²) in [4.78, 5) is 23.5. The van der Waals surface area contributed by atoms with Crippen LogP contribution in [0.25, 0.3) is 0 Å². The molecular weight excluding hydrogens is 298 g/mol. The fraction of sp³-hybridized carbons (Fsp3) is 0.429. The summed E-state index contributed by atoms with van der Waals surface area (Å²) in [5.41, 5.74) is -1.24. The monoisotopic (exact) mass is 315 g/mol. The number of aliphatic hydroxyl groups excluding tert-OH is 1. The van der Waals surface area contributed by atoms with Crippen LogP contribution in [0.15, 0.2) is 24.3 Å². The van der Waals surface area contributed by atoms with Gasteiger partial charge in [-0.1, -0.05) is 11.6 Å². The molecule has 0 aliphatic heterocycles. The minimum atomic E-state index is -1.24. The third-order valence-electron chi connectivity index (χ3n) is 2.71. The van der Waals surface area contributed by atoms with Crippen molar-refractivity contribution >= 4 is 23.5 Å². The van der Waals surface area contributed by atoms with Crippen LogP contribution < -0.4 is 10.1 Å². The molecule has 2 N–H and O–H groups in total. The van der Waals surface area contributed by atoms with Crippen LogP contribution in [0.5, 0.6) is 5.75 Å². The smallest absolute Gasteiger partial charge is 0.330 e. The fourth-order valence-corrected chi connectivity index (χ4v) is 1.62. The van der Waals surface area contributed by atoms with Crippen LogP contribution in [0.3, 0.4) is 0 Å². The van der Waals surface area contributed by atoms with Crippen molar-refractivity contribution in [1.29, 1.82) is 0 Å². The van der Waals surface area contributed by atoms with Crippen molar-refractivity contribution in [2.24, 2.45) is 0 Å². The molecule has 0 aliphatic carbocycles. The van der Waals surface area contributed by atoms with E-state index < -0.39 is 30.1 Å². The Morgan fingerprint density at radius 3 is 2.38 bits per heavy atom. The first-order chi connectivity index (χ1) is 9.80. The molecule has 0 saturated heterocycles. The zero-order chi connectivity index (χ0) is 16.0. The standard InChI is InChI=1S/C14H18ClNO5/c1-14(2,21-10-6-4-9(15)5-7-10)13(19)16-11(8-17)12(18)20-3/h4-7,11,17H,8H2,1-3H3,(H,16,19). The third kappa shape index (κ3) is 4.91. The molecule has 1 atom stereocenters. The number of methoxy groups -OCH3 is 1. The maximum Gasteiger partial charge on any atom is 0.330 e. The van der Waals surface area contributed by atoms with E-state index in [-0.39, 0.29) is 0 Å². The predicted octanol–water partition coefficient (Wildman–Crippen LogP) is 1.15. The number of aliphatic hydroxyl groups is 1. The highest BCUT2D eigenvalue weighted by molar-refractivity contribution is 6.30. The summed E-state index contributed by atoms with van der Waals surface area (Å²) in [7, 11) is 1.17. The average Bonchev–Trinajstić information content (AvgIpc) is 2.45. The van der Waals surface area contributed by atoms with Gasteiger partial charge in [0.05, 0.1) is 13.7 Å². The molecule has 0 fully saturated rings. The first-order valence-corrected chi connectivity index (χ1v) is 6.62. The molecule has 0 aliphatic rings. The van der Waals surface area contributed by atoms with E-state index in [0.29, 0.717) is 10.8 Å². The Morgan fingerprint density at radius 1 is 1.33 bits per heavy atom. The van der Waals surface area contributed by atoms with Crippen molar-refractivity contribution in [3.8, 4) is 5.75 Å². The third-order valence-corrected chi connectivity index (χ3v) is 2.96. The maximum absolute atomic E-state index is 12.1. The van der Waals surface area contributed by atoms with Gasteiger partial charge in [-0.25, -0.2) is 4.79 Å². The van der Waals surface area contributed by atoms with Gasteiger partial charge in [-0.3, -0.25) is 4.79 Å². The summed E-state index contributed by atoms with van der Waals surface area (Å²) >= 11 is 5.77. The summed E-state index contributed by atoms with van der Waals surface area (Å²) in [5.74, 6) is -0.826. The molecule has 1 aromatic rings. The second-order valence-electron chi connectivity index (χ2n) is 4.80. The highest BCUT2D eigenvalue weighted by atomic mass is 35.5. The van der Waals surface area contributed by atoms with Gasteiger partial charge in [0.25, 0.3) is 5.91 Å². The van der Waals surface area contributed by atoms with Gasteiger partial charge in [0.1, 0.15) is 5.75 Å². The van der Waals surface area contributed by atoms with Crippen LogP contribution >= 0.6 is 11.6 Å². The van der Waals surface area contributed by atoms with Crippen molar-refractivity contribution in [2.75, 3.05) is 13.7 Å². The molecule has 1 unspecified atom stereocenters. The molecule has 116 valence electrons. The minimum Gasteiger partial charge on any atom is -0.478 e. The molecule has 7 heteroatoms. The number of halogens is 1. The molecule has 6 nitrogen and oxygen atoms in total. The molecule has 0 radical (unpaired) electrons. The van der Waals surface area contributed by atoms with E-state index in [4.69, 9.17) is 21.4 Å².